The van der Waals surface area contributed by atoms with E-state index in [0.717, 1.165) is 0 Å². The molecule has 0 bridgehead atoms. The molecule has 3 amide bonds. The molecule has 0 fully saturated rings. The fraction of sp³-hybridized carbons (Fsp3) is 0.615. The zero-order valence-corrected chi connectivity index (χ0v) is 13.5. The Bertz CT molecular complexity index is 522. The lowest BCUT2D eigenvalue weighted by Gasteiger charge is -2.20. The van der Waals surface area contributed by atoms with Gasteiger partial charge in [-0.15, -0.1) is 0 Å². The molecule has 3 unspecified atom stereocenters. The number of hydrogen-bond acceptors (Lipinski definition) is 7. The molecule has 0 aromatic carbocycles. The van der Waals surface area contributed by atoms with Crippen LogP contribution < -0.4 is 21.7 Å². The van der Waals surface area contributed by atoms with E-state index in [9.17, 15) is 29.1 Å². The fourth-order valence-corrected chi connectivity index (χ4v) is 1.61. The number of nitrogens with one attached hydrogen (secondary N) is 3. The topological polar surface area (TPSA) is 208 Å². The Kier molecular flexibility index (Phi) is 9.74. The molecule has 0 aromatic rings. The summed E-state index contributed by atoms with van der Waals surface area (Å²) in [6.07, 6.45) is -1.74. The van der Waals surface area contributed by atoms with Crippen LogP contribution in [0.3, 0.4) is 0 Å². The molecule has 142 valence electrons. The third kappa shape index (κ3) is 9.88. The van der Waals surface area contributed by atoms with Gasteiger partial charge in [-0.2, -0.15) is 0 Å². The first-order valence-corrected chi connectivity index (χ1v) is 7.26. The Morgan fingerprint density at radius 3 is 2.00 bits per heavy atom. The van der Waals surface area contributed by atoms with E-state index in [-0.39, 0.29) is 12.8 Å². The summed E-state index contributed by atoms with van der Waals surface area (Å²) in [6, 6.07) is -2.53. The molecule has 0 aliphatic rings. The van der Waals surface area contributed by atoms with E-state index in [4.69, 9.17) is 15.9 Å². The number of carboxylic acids is 2. The second-order valence-electron chi connectivity index (χ2n) is 5.15. The van der Waals surface area contributed by atoms with Crippen LogP contribution in [0.2, 0.25) is 0 Å². The smallest absolute Gasteiger partial charge is 0.322 e. The minimum atomic E-state index is -1.41. The SMILES string of the molecule is CC(O)C(NC(=O)CNC(=O)C(N)CCC(=O)O)C(=O)NCC(=O)O. The highest BCUT2D eigenvalue weighted by Crippen LogP contribution is 1.95. The van der Waals surface area contributed by atoms with Gasteiger partial charge in [0.15, 0.2) is 0 Å². The highest BCUT2D eigenvalue weighted by Gasteiger charge is 2.26. The molecule has 0 saturated heterocycles. The molecular formula is C13H22N4O8. The van der Waals surface area contributed by atoms with Crippen molar-refractivity contribution in [1.29, 1.82) is 0 Å². The number of hydrogen-bond donors (Lipinski definition) is 7. The van der Waals surface area contributed by atoms with Crippen molar-refractivity contribution in [2.24, 2.45) is 5.73 Å². The number of carbonyl (C=O) groups is 5. The normalized spacial score (nSPS) is 13.9. The molecule has 8 N–H and O–H groups in total. The minimum absolute atomic E-state index is 0.114. The van der Waals surface area contributed by atoms with Crippen LogP contribution in [0.5, 0.6) is 0 Å². The van der Waals surface area contributed by atoms with Crippen LogP contribution >= 0.6 is 0 Å². The van der Waals surface area contributed by atoms with E-state index in [1.165, 1.54) is 6.92 Å². The van der Waals surface area contributed by atoms with Crippen molar-refractivity contribution in [3.8, 4) is 0 Å². The quantitative estimate of drug-likeness (QED) is 0.193. The molecule has 0 saturated carbocycles. The number of aliphatic hydroxyl groups excluding tert-OH is 1. The summed E-state index contributed by atoms with van der Waals surface area (Å²) in [7, 11) is 0. The summed E-state index contributed by atoms with van der Waals surface area (Å²) in [4.78, 5) is 55.8. The van der Waals surface area contributed by atoms with Gasteiger partial charge in [0.2, 0.25) is 17.7 Å². The molecule has 0 aliphatic carbocycles. The maximum absolute atomic E-state index is 11.7. The summed E-state index contributed by atoms with van der Waals surface area (Å²) >= 11 is 0. The van der Waals surface area contributed by atoms with Gasteiger partial charge in [0.1, 0.15) is 12.6 Å². The van der Waals surface area contributed by atoms with Crippen LogP contribution in [0.4, 0.5) is 0 Å². The Morgan fingerprint density at radius 1 is 0.960 bits per heavy atom. The number of aliphatic carboxylic acids is 2. The Balaban J connectivity index is 4.43. The fourth-order valence-electron chi connectivity index (χ4n) is 1.61. The molecule has 12 nitrogen and oxygen atoms in total. The van der Waals surface area contributed by atoms with Gasteiger partial charge < -0.3 is 37.0 Å². The summed E-state index contributed by atoms with van der Waals surface area (Å²) in [5.74, 6) is -4.90. The summed E-state index contributed by atoms with van der Waals surface area (Å²) < 4.78 is 0. The third-order valence-corrected chi connectivity index (χ3v) is 2.92. The van der Waals surface area contributed by atoms with Crippen LogP contribution in [-0.2, 0) is 24.0 Å². The first kappa shape index (κ1) is 22.3. The van der Waals surface area contributed by atoms with Gasteiger partial charge in [-0.05, 0) is 13.3 Å². The summed E-state index contributed by atoms with van der Waals surface area (Å²) in [5.41, 5.74) is 5.45. The van der Waals surface area contributed by atoms with Crippen molar-refractivity contribution < 1.29 is 39.3 Å². The molecule has 0 aliphatic heterocycles. The minimum Gasteiger partial charge on any atom is -0.481 e. The molecule has 0 aromatic heterocycles. The van der Waals surface area contributed by atoms with Crippen LogP contribution in [0.1, 0.15) is 19.8 Å². The average molecular weight is 362 g/mol. The lowest BCUT2D eigenvalue weighted by atomic mass is 10.1. The molecule has 0 rings (SSSR count). The van der Waals surface area contributed by atoms with E-state index in [1.807, 2.05) is 5.32 Å². The second kappa shape index (κ2) is 10.9. The van der Waals surface area contributed by atoms with Crippen molar-refractivity contribution in [3.63, 3.8) is 0 Å². The maximum atomic E-state index is 11.7. The molecule has 25 heavy (non-hydrogen) atoms. The van der Waals surface area contributed by atoms with Gasteiger partial charge in [0.25, 0.3) is 0 Å². The Morgan fingerprint density at radius 2 is 1.52 bits per heavy atom. The van der Waals surface area contributed by atoms with E-state index >= 15 is 0 Å². The van der Waals surface area contributed by atoms with Gasteiger partial charge in [0.05, 0.1) is 18.7 Å². The Hall–Kier alpha value is -2.73. The number of aliphatic hydroxyl groups is 1. The van der Waals surface area contributed by atoms with E-state index in [2.05, 4.69) is 10.6 Å². The van der Waals surface area contributed by atoms with Crippen LogP contribution in [0, 0.1) is 0 Å². The predicted octanol–water partition coefficient (Wildman–Crippen LogP) is -3.64. The Labute approximate surface area is 142 Å². The molecular weight excluding hydrogens is 340 g/mol. The number of carbonyl (C=O) groups excluding carboxylic acids is 3. The number of carboxylic acid groups (broad SMARTS) is 2. The zero-order valence-electron chi connectivity index (χ0n) is 13.5. The van der Waals surface area contributed by atoms with E-state index in [1.54, 1.807) is 0 Å². The highest BCUT2D eigenvalue weighted by atomic mass is 16.4. The standard InChI is InChI=1S/C13H22N4O8/c1-6(18)11(13(25)16-5-10(22)23)17-8(19)4-15-12(24)7(14)2-3-9(20)21/h6-7,11,18H,2-5,14H2,1H3,(H,15,24)(H,16,25)(H,17,19)(H,20,21)(H,22,23). The summed E-state index contributed by atoms with van der Waals surface area (Å²) in [5, 5.41) is 32.8. The van der Waals surface area contributed by atoms with Crippen molar-refractivity contribution >= 4 is 29.7 Å². The molecule has 12 heteroatoms. The molecule has 0 radical (unpaired) electrons. The van der Waals surface area contributed by atoms with Crippen LogP contribution in [0.15, 0.2) is 0 Å². The molecule has 3 atom stereocenters. The van der Waals surface area contributed by atoms with Crippen molar-refractivity contribution in [1.82, 2.24) is 16.0 Å². The van der Waals surface area contributed by atoms with Crippen molar-refractivity contribution in [3.05, 3.63) is 0 Å². The van der Waals surface area contributed by atoms with Gasteiger partial charge >= 0.3 is 11.9 Å². The molecule has 0 spiro atoms. The van der Waals surface area contributed by atoms with Crippen LogP contribution in [-0.4, -0.2) is 76.3 Å². The highest BCUT2D eigenvalue weighted by molar-refractivity contribution is 5.92. The van der Waals surface area contributed by atoms with Gasteiger partial charge in [0, 0.05) is 6.42 Å². The average Bonchev–Trinajstić information content (AvgIpc) is 2.52. The first-order valence-electron chi connectivity index (χ1n) is 7.26. The second-order valence-corrected chi connectivity index (χ2v) is 5.15. The third-order valence-electron chi connectivity index (χ3n) is 2.92. The first-order chi connectivity index (χ1) is 11.5. The van der Waals surface area contributed by atoms with Gasteiger partial charge in [-0.25, -0.2) is 0 Å². The van der Waals surface area contributed by atoms with Crippen molar-refractivity contribution in [2.75, 3.05) is 13.1 Å². The van der Waals surface area contributed by atoms with Gasteiger partial charge in [-0.1, -0.05) is 0 Å². The van der Waals surface area contributed by atoms with Gasteiger partial charge in [-0.3, -0.25) is 24.0 Å². The monoisotopic (exact) mass is 362 g/mol. The number of rotatable bonds is 11. The lowest BCUT2D eigenvalue weighted by molar-refractivity contribution is -0.139. The number of amides is 3. The van der Waals surface area contributed by atoms with E-state index in [0.29, 0.717) is 0 Å². The van der Waals surface area contributed by atoms with Crippen LogP contribution in [0.25, 0.3) is 0 Å². The predicted molar refractivity (Wildman–Crippen MR) is 82.1 cm³/mol. The largest absolute Gasteiger partial charge is 0.481 e. The summed E-state index contributed by atoms with van der Waals surface area (Å²) in [6.45, 7) is -0.0339. The van der Waals surface area contributed by atoms with Crippen molar-refractivity contribution in [2.45, 2.75) is 38.0 Å². The maximum Gasteiger partial charge on any atom is 0.322 e. The van der Waals surface area contributed by atoms with E-state index < -0.39 is 60.9 Å². The molecule has 0 heterocycles. The lowest BCUT2D eigenvalue weighted by Crippen LogP contribution is -2.55. The number of nitrogens with two attached hydrogens (primary N) is 1. The zero-order chi connectivity index (χ0) is 19.6.